The van der Waals surface area contributed by atoms with Gasteiger partial charge in [0.25, 0.3) is 5.91 Å². The monoisotopic (exact) mass is 688 g/mol. The first-order valence-electron chi connectivity index (χ1n) is 15.6. The molecule has 5 rings (SSSR count). The Bertz CT molecular complexity index is 1660. The van der Waals surface area contributed by atoms with Gasteiger partial charge in [-0.15, -0.1) is 0 Å². The van der Waals surface area contributed by atoms with Crippen LogP contribution in [0.25, 0.3) is 22.0 Å². The standard InChI is InChI=1S/C32H42Cl2N6O5Si/c1-32(2,3)45-31(42)38(11-10-35)23-17-22(33)27(34)28-26(23)25(21-18-36-40(19-21)24-9-7-8-14-44-24)29-30(41)37(12-13-39(28)29)20-43-15-16-46(4,5)6/h17-19,24H,7-9,11-16,20H2,1-6H3. The number of fused-ring (bicyclic) bond motifs is 3. The van der Waals surface area contributed by atoms with Gasteiger partial charge in [0.2, 0.25) is 0 Å². The highest BCUT2D eigenvalue weighted by Gasteiger charge is 2.37. The van der Waals surface area contributed by atoms with Crippen molar-refractivity contribution in [1.82, 2.24) is 19.2 Å². The number of hydrogen-bond donors (Lipinski definition) is 0. The van der Waals surface area contributed by atoms with Crippen LogP contribution in [-0.4, -0.2) is 78.0 Å². The van der Waals surface area contributed by atoms with Gasteiger partial charge in [-0.3, -0.25) is 9.69 Å². The number of anilines is 1. The largest absolute Gasteiger partial charge is 0.443 e. The van der Waals surface area contributed by atoms with Crippen LogP contribution in [0.3, 0.4) is 0 Å². The Morgan fingerprint density at radius 1 is 1.24 bits per heavy atom. The lowest BCUT2D eigenvalue weighted by atomic mass is 10.0. The number of hydrogen-bond acceptors (Lipinski definition) is 7. The summed E-state index contributed by atoms with van der Waals surface area (Å²) in [6.45, 7) is 14.0. The Morgan fingerprint density at radius 2 is 2.00 bits per heavy atom. The third-order valence-corrected chi connectivity index (χ3v) is 10.5. The second-order valence-electron chi connectivity index (χ2n) is 14.0. The molecule has 2 aromatic heterocycles. The van der Waals surface area contributed by atoms with Gasteiger partial charge < -0.3 is 23.7 Å². The van der Waals surface area contributed by atoms with Crippen LogP contribution >= 0.6 is 23.2 Å². The Morgan fingerprint density at radius 3 is 2.65 bits per heavy atom. The van der Waals surface area contributed by atoms with E-state index in [1.165, 1.54) is 4.90 Å². The molecule has 1 saturated heterocycles. The fourth-order valence-electron chi connectivity index (χ4n) is 5.75. The minimum absolute atomic E-state index is 0.152. The van der Waals surface area contributed by atoms with Gasteiger partial charge in [-0.2, -0.15) is 10.4 Å². The zero-order chi connectivity index (χ0) is 33.4. The summed E-state index contributed by atoms with van der Waals surface area (Å²) in [6.07, 6.45) is 5.43. The molecule has 2 aliphatic heterocycles. The van der Waals surface area contributed by atoms with Crippen LogP contribution in [0.5, 0.6) is 0 Å². The van der Waals surface area contributed by atoms with Gasteiger partial charge in [-0.05, 0) is 52.1 Å². The molecule has 1 atom stereocenters. The highest BCUT2D eigenvalue weighted by Crippen LogP contribution is 2.47. The van der Waals surface area contributed by atoms with Gasteiger partial charge in [0, 0.05) is 57.1 Å². The summed E-state index contributed by atoms with van der Waals surface area (Å²) in [7, 11) is -1.31. The van der Waals surface area contributed by atoms with Crippen molar-refractivity contribution in [2.24, 2.45) is 0 Å². The molecule has 0 spiro atoms. The quantitative estimate of drug-likeness (QED) is 0.130. The summed E-state index contributed by atoms with van der Waals surface area (Å²) >= 11 is 13.6. The van der Waals surface area contributed by atoms with Crippen molar-refractivity contribution in [2.75, 3.05) is 37.9 Å². The van der Waals surface area contributed by atoms with Crippen molar-refractivity contribution >= 4 is 59.9 Å². The molecule has 0 saturated carbocycles. The Balaban J connectivity index is 1.69. The van der Waals surface area contributed by atoms with Crippen molar-refractivity contribution in [3.05, 3.63) is 34.2 Å². The molecule has 0 aliphatic carbocycles. The maximum atomic E-state index is 14.4. The molecular formula is C32H42Cl2N6O5Si. The number of rotatable bonds is 9. The molecular weight excluding hydrogens is 647 g/mol. The molecule has 11 nitrogen and oxygen atoms in total. The molecule has 46 heavy (non-hydrogen) atoms. The lowest BCUT2D eigenvalue weighted by Gasteiger charge is -2.29. The van der Waals surface area contributed by atoms with E-state index >= 15 is 0 Å². The summed E-state index contributed by atoms with van der Waals surface area (Å²) in [4.78, 5) is 30.9. The van der Waals surface area contributed by atoms with Crippen LogP contribution < -0.4 is 4.90 Å². The number of nitriles is 1. The van der Waals surface area contributed by atoms with Crippen LogP contribution in [0.4, 0.5) is 10.5 Å². The molecule has 0 radical (unpaired) electrons. The molecule has 3 aromatic rings. The van der Waals surface area contributed by atoms with Gasteiger partial charge in [0.1, 0.15) is 30.8 Å². The Hall–Kier alpha value is -3.08. The number of aromatic nitrogens is 3. The van der Waals surface area contributed by atoms with Gasteiger partial charge in [0.05, 0.1) is 33.5 Å². The summed E-state index contributed by atoms with van der Waals surface area (Å²) in [5, 5.41) is 15.4. The normalized spacial score (nSPS) is 17.2. The first-order valence-corrected chi connectivity index (χ1v) is 20.1. The van der Waals surface area contributed by atoms with E-state index in [4.69, 9.17) is 37.4 Å². The molecule has 0 N–H and O–H groups in total. The smallest absolute Gasteiger partial charge is 0.415 e. The first kappa shape index (κ1) is 34.3. The molecule has 2 amide bonds. The molecule has 14 heteroatoms. The van der Waals surface area contributed by atoms with Gasteiger partial charge in [0.15, 0.2) is 0 Å². The lowest BCUT2D eigenvalue weighted by molar-refractivity contribution is -0.0394. The van der Waals surface area contributed by atoms with Gasteiger partial charge in [-0.25, -0.2) is 9.48 Å². The number of halogens is 2. The molecule has 1 aromatic carbocycles. The average Bonchev–Trinajstić information content (AvgIpc) is 3.60. The molecule has 0 bridgehead atoms. The van der Waals surface area contributed by atoms with Crippen molar-refractivity contribution < 1.29 is 23.8 Å². The SMILES string of the molecule is CC(C)(C)OC(=O)N(CC#N)c1cc(Cl)c(Cl)c2c1c(-c1cnn(C3CCCCO3)c1)c1n2CCN(COCC[Si](C)(C)C)C1=O. The minimum Gasteiger partial charge on any atom is -0.443 e. The van der Waals surface area contributed by atoms with Crippen molar-refractivity contribution in [2.45, 2.75) is 84.1 Å². The first-order chi connectivity index (χ1) is 21.7. The topological polar surface area (TPSA) is 115 Å². The lowest BCUT2D eigenvalue weighted by Crippen LogP contribution is -2.41. The van der Waals surface area contributed by atoms with E-state index in [-0.39, 0.29) is 35.5 Å². The number of carbonyl (C=O) groups is 2. The summed E-state index contributed by atoms with van der Waals surface area (Å²) < 4.78 is 21.3. The van der Waals surface area contributed by atoms with E-state index in [1.807, 2.05) is 10.8 Å². The average molecular weight is 690 g/mol. The maximum Gasteiger partial charge on any atom is 0.415 e. The van der Waals surface area contributed by atoms with E-state index in [0.717, 1.165) is 25.3 Å². The van der Waals surface area contributed by atoms with E-state index in [2.05, 4.69) is 30.8 Å². The number of ether oxygens (including phenoxy) is 3. The van der Waals surface area contributed by atoms with E-state index < -0.39 is 19.8 Å². The molecule has 4 heterocycles. The van der Waals surface area contributed by atoms with Crippen LogP contribution in [0.2, 0.25) is 35.7 Å². The van der Waals surface area contributed by atoms with E-state index in [0.29, 0.717) is 59.7 Å². The highest BCUT2D eigenvalue weighted by molar-refractivity contribution is 6.76. The van der Waals surface area contributed by atoms with Crippen LogP contribution in [0.15, 0.2) is 18.5 Å². The minimum atomic E-state index is -1.31. The van der Waals surface area contributed by atoms with Crippen molar-refractivity contribution in [1.29, 1.82) is 5.26 Å². The molecule has 2 aliphatic rings. The zero-order valence-electron chi connectivity index (χ0n) is 27.4. The molecule has 1 fully saturated rings. The number of benzene rings is 1. The van der Waals surface area contributed by atoms with E-state index in [1.54, 1.807) is 42.6 Å². The second-order valence-corrected chi connectivity index (χ2v) is 20.4. The predicted octanol–water partition coefficient (Wildman–Crippen LogP) is 7.54. The fourth-order valence-corrected chi connectivity index (χ4v) is 6.95. The zero-order valence-corrected chi connectivity index (χ0v) is 29.9. The summed E-state index contributed by atoms with van der Waals surface area (Å²) in [5.41, 5.74) is 1.54. The molecule has 248 valence electrons. The van der Waals surface area contributed by atoms with Gasteiger partial charge in [-0.1, -0.05) is 42.8 Å². The van der Waals surface area contributed by atoms with Crippen LogP contribution in [0.1, 0.15) is 56.8 Å². The second kappa shape index (κ2) is 13.6. The maximum absolute atomic E-state index is 14.4. The third-order valence-electron chi connectivity index (χ3n) is 8.00. The number of amides is 2. The van der Waals surface area contributed by atoms with Crippen molar-refractivity contribution in [3.8, 4) is 17.2 Å². The number of carbonyl (C=O) groups excluding carboxylic acids is 2. The Kier molecular flexibility index (Phi) is 10.1. The van der Waals surface area contributed by atoms with Gasteiger partial charge >= 0.3 is 6.09 Å². The fraction of sp³-hybridized carbons (Fsp3) is 0.562. The highest BCUT2D eigenvalue weighted by atomic mass is 35.5. The Labute approximate surface area is 280 Å². The third kappa shape index (κ3) is 7.24. The van der Waals surface area contributed by atoms with Crippen LogP contribution in [-0.2, 0) is 20.8 Å². The number of nitrogens with zero attached hydrogens (tertiary/aromatic N) is 6. The predicted molar refractivity (Wildman–Crippen MR) is 181 cm³/mol. The van der Waals surface area contributed by atoms with E-state index in [9.17, 15) is 14.9 Å². The summed E-state index contributed by atoms with van der Waals surface area (Å²) in [6, 6.07) is 4.62. The van der Waals surface area contributed by atoms with Crippen LogP contribution in [0, 0.1) is 11.3 Å². The van der Waals surface area contributed by atoms with Crippen molar-refractivity contribution in [3.63, 3.8) is 0 Å². The summed E-state index contributed by atoms with van der Waals surface area (Å²) in [5.74, 6) is -0.241. The molecule has 1 unspecified atom stereocenters.